The van der Waals surface area contributed by atoms with Gasteiger partial charge in [0.05, 0.1) is 25.3 Å². The highest BCUT2D eigenvalue weighted by Crippen LogP contribution is 2.27. The minimum atomic E-state index is -0.267. The normalized spacial score (nSPS) is 14.1. The molecule has 7 nitrogen and oxygen atoms in total. The standard InChI is InChI=1S/C14H15N3O4/c1-20-12-6-10(7-15)2-3-11(12)21-9-14(19)17-5-4-16-13(18)8-17/h2-3,6H,4-5,8-9H2,1H3,(H,16,18). The summed E-state index contributed by atoms with van der Waals surface area (Å²) in [6, 6.07) is 6.69. The molecule has 1 aromatic rings. The Kier molecular flexibility index (Phi) is 4.61. The summed E-state index contributed by atoms with van der Waals surface area (Å²) in [5.41, 5.74) is 0.443. The second-order valence-corrected chi connectivity index (χ2v) is 4.43. The highest BCUT2D eigenvalue weighted by atomic mass is 16.5. The van der Waals surface area contributed by atoms with Crippen LogP contribution in [0.15, 0.2) is 18.2 Å². The van der Waals surface area contributed by atoms with Crippen LogP contribution in [0.3, 0.4) is 0 Å². The molecule has 21 heavy (non-hydrogen) atoms. The first-order valence-electron chi connectivity index (χ1n) is 6.39. The van der Waals surface area contributed by atoms with E-state index in [4.69, 9.17) is 14.7 Å². The summed E-state index contributed by atoms with van der Waals surface area (Å²) in [6.07, 6.45) is 0. The van der Waals surface area contributed by atoms with Crippen molar-refractivity contribution in [2.75, 3.05) is 33.4 Å². The fourth-order valence-electron chi connectivity index (χ4n) is 1.94. The zero-order valence-electron chi connectivity index (χ0n) is 11.6. The molecule has 1 aliphatic rings. The quantitative estimate of drug-likeness (QED) is 0.836. The molecule has 0 radical (unpaired) electrons. The summed E-state index contributed by atoms with van der Waals surface area (Å²) in [4.78, 5) is 24.6. The topological polar surface area (TPSA) is 91.7 Å². The lowest BCUT2D eigenvalue weighted by molar-refractivity contribution is -0.139. The van der Waals surface area contributed by atoms with E-state index in [1.54, 1.807) is 12.1 Å². The highest BCUT2D eigenvalue weighted by molar-refractivity contribution is 5.86. The van der Waals surface area contributed by atoms with Crippen molar-refractivity contribution >= 4 is 11.8 Å². The maximum atomic E-state index is 12.0. The van der Waals surface area contributed by atoms with Crippen molar-refractivity contribution in [1.82, 2.24) is 10.2 Å². The number of piperazine rings is 1. The Bertz CT molecular complexity index is 594. The molecule has 2 amide bonds. The van der Waals surface area contributed by atoms with Crippen LogP contribution in [0, 0.1) is 11.3 Å². The Labute approximate surface area is 122 Å². The van der Waals surface area contributed by atoms with Crippen LogP contribution in [0.1, 0.15) is 5.56 Å². The molecule has 1 aromatic carbocycles. The lowest BCUT2D eigenvalue weighted by Gasteiger charge is -2.26. The first-order chi connectivity index (χ1) is 10.1. The smallest absolute Gasteiger partial charge is 0.261 e. The maximum Gasteiger partial charge on any atom is 0.261 e. The van der Waals surface area contributed by atoms with Crippen LogP contribution >= 0.6 is 0 Å². The summed E-state index contributed by atoms with van der Waals surface area (Å²) in [6.45, 7) is 0.783. The van der Waals surface area contributed by atoms with Crippen LogP contribution in [-0.2, 0) is 9.59 Å². The fraction of sp³-hybridized carbons (Fsp3) is 0.357. The van der Waals surface area contributed by atoms with Gasteiger partial charge in [0, 0.05) is 19.2 Å². The first-order valence-corrected chi connectivity index (χ1v) is 6.39. The SMILES string of the molecule is COc1cc(C#N)ccc1OCC(=O)N1CCNC(=O)C1. The van der Waals surface area contributed by atoms with Gasteiger partial charge in [0.2, 0.25) is 5.91 Å². The number of rotatable bonds is 4. The lowest BCUT2D eigenvalue weighted by atomic mass is 10.2. The predicted molar refractivity (Wildman–Crippen MR) is 72.8 cm³/mol. The molecule has 0 unspecified atom stereocenters. The van der Waals surface area contributed by atoms with Crippen molar-refractivity contribution in [3.8, 4) is 17.6 Å². The summed E-state index contributed by atoms with van der Waals surface area (Å²) in [7, 11) is 1.46. The molecule has 110 valence electrons. The number of methoxy groups -OCH3 is 1. The summed E-state index contributed by atoms with van der Waals surface area (Å²) >= 11 is 0. The van der Waals surface area contributed by atoms with Crippen molar-refractivity contribution in [3.63, 3.8) is 0 Å². The van der Waals surface area contributed by atoms with Gasteiger partial charge in [0.1, 0.15) is 0 Å². The van der Waals surface area contributed by atoms with Crippen molar-refractivity contribution in [2.24, 2.45) is 0 Å². The number of nitriles is 1. The van der Waals surface area contributed by atoms with Crippen molar-refractivity contribution in [2.45, 2.75) is 0 Å². The summed E-state index contributed by atoms with van der Waals surface area (Å²) in [5.74, 6) is 0.325. The first kappa shape index (κ1) is 14.7. The van der Waals surface area contributed by atoms with Gasteiger partial charge in [-0.2, -0.15) is 5.26 Å². The number of amides is 2. The molecule has 0 aromatic heterocycles. The molecule has 0 atom stereocenters. The van der Waals surface area contributed by atoms with E-state index in [-0.39, 0.29) is 25.0 Å². The van der Waals surface area contributed by atoms with E-state index in [9.17, 15) is 9.59 Å². The van der Waals surface area contributed by atoms with Crippen LogP contribution in [0.25, 0.3) is 0 Å². The van der Waals surface area contributed by atoms with Gasteiger partial charge in [-0.3, -0.25) is 9.59 Å². The second-order valence-electron chi connectivity index (χ2n) is 4.43. The Hall–Kier alpha value is -2.75. The van der Waals surface area contributed by atoms with E-state index in [1.807, 2.05) is 6.07 Å². The minimum Gasteiger partial charge on any atom is -0.493 e. The fourth-order valence-corrected chi connectivity index (χ4v) is 1.94. The van der Waals surface area contributed by atoms with E-state index < -0.39 is 0 Å². The summed E-state index contributed by atoms with van der Waals surface area (Å²) < 4.78 is 10.5. The molecule has 0 bridgehead atoms. The van der Waals surface area contributed by atoms with E-state index in [0.29, 0.717) is 30.2 Å². The summed E-state index contributed by atoms with van der Waals surface area (Å²) in [5, 5.41) is 11.5. The third-order valence-corrected chi connectivity index (χ3v) is 3.03. The number of hydrogen-bond acceptors (Lipinski definition) is 5. The Morgan fingerprint density at radius 3 is 2.95 bits per heavy atom. The number of ether oxygens (including phenoxy) is 2. The zero-order valence-corrected chi connectivity index (χ0v) is 11.6. The van der Waals surface area contributed by atoms with Crippen LogP contribution < -0.4 is 14.8 Å². The third-order valence-electron chi connectivity index (χ3n) is 3.03. The van der Waals surface area contributed by atoms with Gasteiger partial charge in [0.25, 0.3) is 5.91 Å². The number of nitrogens with zero attached hydrogens (tertiary/aromatic N) is 2. The van der Waals surface area contributed by atoms with Crippen molar-refractivity contribution < 1.29 is 19.1 Å². The monoisotopic (exact) mass is 289 g/mol. The van der Waals surface area contributed by atoms with E-state index in [0.717, 1.165) is 0 Å². The minimum absolute atomic E-state index is 0.0483. The average Bonchev–Trinajstić information content (AvgIpc) is 2.52. The van der Waals surface area contributed by atoms with Crippen LogP contribution in [0.4, 0.5) is 0 Å². The predicted octanol–water partition coefficient (Wildman–Crippen LogP) is -0.0959. The van der Waals surface area contributed by atoms with E-state index in [2.05, 4.69) is 5.32 Å². The molecule has 1 aliphatic heterocycles. The molecule has 0 spiro atoms. The number of nitrogens with one attached hydrogen (secondary N) is 1. The number of hydrogen-bond donors (Lipinski definition) is 1. The zero-order chi connectivity index (χ0) is 15.2. The molecule has 0 aliphatic carbocycles. The molecule has 7 heteroatoms. The number of benzene rings is 1. The number of carbonyl (C=O) groups is 2. The van der Waals surface area contributed by atoms with Gasteiger partial charge in [-0.15, -0.1) is 0 Å². The Balaban J connectivity index is 1.98. The molecule has 0 saturated carbocycles. The highest BCUT2D eigenvalue weighted by Gasteiger charge is 2.21. The largest absolute Gasteiger partial charge is 0.493 e. The van der Waals surface area contributed by atoms with Crippen LogP contribution in [0.2, 0.25) is 0 Å². The van der Waals surface area contributed by atoms with Gasteiger partial charge in [-0.05, 0) is 12.1 Å². The molecule has 1 N–H and O–H groups in total. The average molecular weight is 289 g/mol. The van der Waals surface area contributed by atoms with Gasteiger partial charge in [-0.25, -0.2) is 0 Å². The molecule has 2 rings (SSSR count). The Morgan fingerprint density at radius 1 is 1.48 bits per heavy atom. The van der Waals surface area contributed by atoms with Gasteiger partial charge < -0.3 is 19.7 Å². The van der Waals surface area contributed by atoms with Gasteiger partial charge in [-0.1, -0.05) is 0 Å². The third kappa shape index (κ3) is 3.63. The van der Waals surface area contributed by atoms with Gasteiger partial charge in [0.15, 0.2) is 18.1 Å². The van der Waals surface area contributed by atoms with Gasteiger partial charge >= 0.3 is 0 Å². The lowest BCUT2D eigenvalue weighted by Crippen LogP contribution is -2.51. The maximum absolute atomic E-state index is 12.0. The van der Waals surface area contributed by atoms with E-state index in [1.165, 1.54) is 18.1 Å². The number of carbonyl (C=O) groups excluding carboxylic acids is 2. The van der Waals surface area contributed by atoms with Crippen molar-refractivity contribution in [3.05, 3.63) is 23.8 Å². The molecule has 1 saturated heterocycles. The van der Waals surface area contributed by atoms with Crippen LogP contribution in [-0.4, -0.2) is 50.1 Å². The molecule has 1 heterocycles. The molecular formula is C14H15N3O4. The second kappa shape index (κ2) is 6.61. The molecule has 1 fully saturated rings. The Morgan fingerprint density at radius 2 is 2.29 bits per heavy atom. The van der Waals surface area contributed by atoms with Crippen molar-refractivity contribution in [1.29, 1.82) is 5.26 Å². The van der Waals surface area contributed by atoms with Crippen LogP contribution in [0.5, 0.6) is 11.5 Å². The van der Waals surface area contributed by atoms with E-state index >= 15 is 0 Å². The molecular weight excluding hydrogens is 274 g/mol.